The number of nitrogens with two attached hydrogens (primary N) is 1. The van der Waals surface area contributed by atoms with Gasteiger partial charge in [0.05, 0.1) is 17.3 Å². The zero-order chi connectivity index (χ0) is 27.7. The first-order valence-electron chi connectivity index (χ1n) is 11.6. The zero-order valence-corrected chi connectivity index (χ0v) is 21.1. The Kier molecular flexibility index (Phi) is 6.08. The molecule has 12 heteroatoms. The average molecular weight is 515 g/mol. The summed E-state index contributed by atoms with van der Waals surface area (Å²) in [5.74, 6) is -7.74. The van der Waals surface area contributed by atoms with Crippen molar-refractivity contribution in [3.8, 4) is 5.75 Å². The fraction of sp³-hybridized carbons (Fsp3) is 0.440. The van der Waals surface area contributed by atoms with E-state index in [-0.39, 0.29) is 29.7 Å². The normalized spacial score (nSPS) is 27.1. The van der Waals surface area contributed by atoms with Crippen LogP contribution in [0.1, 0.15) is 29.3 Å². The molecule has 3 unspecified atom stereocenters. The molecule has 198 valence electrons. The van der Waals surface area contributed by atoms with Gasteiger partial charge in [0.2, 0.25) is 11.7 Å². The molecule has 0 spiro atoms. The van der Waals surface area contributed by atoms with E-state index in [0.717, 1.165) is 0 Å². The number of benzene rings is 1. The first-order valence-corrected chi connectivity index (χ1v) is 11.6. The van der Waals surface area contributed by atoms with E-state index in [9.17, 15) is 39.6 Å². The van der Waals surface area contributed by atoms with Crippen LogP contribution in [0.4, 0.5) is 11.4 Å². The number of aliphatic hydroxyl groups is 3. The largest absolute Gasteiger partial charge is 0.510 e. The van der Waals surface area contributed by atoms with Crippen LogP contribution in [-0.2, 0) is 20.8 Å². The number of likely N-dealkylation sites (N-methyl/N-ethyl adjacent to an activating group) is 1. The number of rotatable bonds is 4. The predicted molar refractivity (Wildman–Crippen MR) is 132 cm³/mol. The number of fused-ring (bicyclic) bond motifs is 3. The van der Waals surface area contributed by atoms with Crippen LogP contribution in [0.25, 0.3) is 0 Å². The molecule has 4 atom stereocenters. The van der Waals surface area contributed by atoms with Crippen molar-refractivity contribution >= 4 is 34.8 Å². The second kappa shape index (κ2) is 8.60. The van der Waals surface area contributed by atoms with Crippen LogP contribution in [0.2, 0.25) is 0 Å². The Hall–Kier alpha value is -3.90. The molecule has 3 aliphatic carbocycles. The first kappa shape index (κ1) is 26.2. The van der Waals surface area contributed by atoms with Crippen LogP contribution < -0.4 is 16.0 Å². The second-order valence-corrected chi connectivity index (χ2v) is 10.2. The highest BCUT2D eigenvalue weighted by Gasteiger charge is 2.63. The molecule has 0 bridgehead atoms. The molecule has 7 N–H and O–H groups in total. The Morgan fingerprint density at radius 2 is 1.76 bits per heavy atom. The average Bonchev–Trinajstić information content (AvgIpc) is 2.77. The zero-order valence-electron chi connectivity index (χ0n) is 21.1. The minimum absolute atomic E-state index is 0.00710. The summed E-state index contributed by atoms with van der Waals surface area (Å²) >= 11 is 0. The number of allylic oxidation sites excluding steroid dienone is 1. The molecule has 0 heterocycles. The molecule has 1 aromatic rings. The lowest BCUT2D eigenvalue weighted by atomic mass is 9.58. The third-order valence-corrected chi connectivity index (χ3v) is 7.49. The number of hydrogen-bond acceptors (Lipinski definition) is 10. The SMILES string of the molecule is CC(=O)Nc1cc(N(C)C)c2c(c1O)C(=O)C1=C(O)C3(O)C(=O)C(C(N)=O)=C(O)C(N(C)C)C3C[C@@H]1C2. The summed E-state index contributed by atoms with van der Waals surface area (Å²) in [6.45, 7) is 1.24. The monoisotopic (exact) mass is 514 g/mol. The Balaban J connectivity index is 1.99. The highest BCUT2D eigenvalue weighted by Crippen LogP contribution is 2.53. The number of nitrogens with zero attached hydrogens (tertiary/aromatic N) is 2. The van der Waals surface area contributed by atoms with E-state index in [2.05, 4.69) is 5.32 Å². The standard InChI is InChI=1S/C25H30N4O8/c1-9(30)27-13-8-14(28(2)3)11-6-10-7-12-18(29(4)5)21(33)17(24(26)36)23(35)25(12,37)22(34)15(10)20(32)16(11)19(13)31/h8,10,12,18,31,33-34,37H,6-7H2,1-5H3,(H2,26,36)(H,27,30)/t10-,12?,18?,25?/m0/s1. The number of Topliss-reactive ketones (excluding diaryl/α,β-unsaturated/α-hetero) is 2. The smallest absolute Gasteiger partial charge is 0.255 e. The van der Waals surface area contributed by atoms with Gasteiger partial charge in [-0.15, -0.1) is 0 Å². The number of phenolic OH excluding ortho intramolecular Hbond substituents is 1. The lowest BCUT2D eigenvalue weighted by molar-refractivity contribution is -0.148. The number of ketones is 2. The molecular weight excluding hydrogens is 484 g/mol. The van der Waals surface area contributed by atoms with Gasteiger partial charge >= 0.3 is 0 Å². The summed E-state index contributed by atoms with van der Waals surface area (Å²) in [6.07, 6.45) is 0.142. The third kappa shape index (κ3) is 3.58. The van der Waals surface area contributed by atoms with Crippen LogP contribution in [-0.4, -0.2) is 88.5 Å². The highest BCUT2D eigenvalue weighted by molar-refractivity contribution is 6.25. The van der Waals surface area contributed by atoms with Crippen molar-refractivity contribution in [1.29, 1.82) is 0 Å². The summed E-state index contributed by atoms with van der Waals surface area (Å²) in [5.41, 5.74) is 2.33. The van der Waals surface area contributed by atoms with Crippen molar-refractivity contribution < 1.29 is 39.6 Å². The Morgan fingerprint density at radius 1 is 1.14 bits per heavy atom. The van der Waals surface area contributed by atoms with Crippen LogP contribution in [0.3, 0.4) is 0 Å². The molecule has 0 saturated carbocycles. The van der Waals surface area contributed by atoms with E-state index in [1.54, 1.807) is 33.1 Å². The fourth-order valence-electron chi connectivity index (χ4n) is 5.98. The molecule has 3 aliphatic rings. The van der Waals surface area contributed by atoms with Crippen LogP contribution in [0.15, 0.2) is 28.7 Å². The second-order valence-electron chi connectivity index (χ2n) is 10.2. The Bertz CT molecular complexity index is 1330. The Labute approximate surface area is 212 Å². The summed E-state index contributed by atoms with van der Waals surface area (Å²) in [5, 5.41) is 47.2. The van der Waals surface area contributed by atoms with Crippen LogP contribution >= 0.6 is 0 Å². The minimum atomic E-state index is -2.71. The molecule has 37 heavy (non-hydrogen) atoms. The number of carbonyl (C=O) groups is 4. The van der Waals surface area contributed by atoms with E-state index in [1.165, 1.54) is 17.9 Å². The van der Waals surface area contributed by atoms with Gasteiger partial charge in [-0.2, -0.15) is 0 Å². The van der Waals surface area contributed by atoms with Gasteiger partial charge in [0.25, 0.3) is 5.91 Å². The van der Waals surface area contributed by atoms with Crippen molar-refractivity contribution in [2.45, 2.75) is 31.4 Å². The molecule has 2 amide bonds. The lowest BCUT2D eigenvalue weighted by Crippen LogP contribution is -2.63. The number of carbonyl (C=O) groups excluding carboxylic acids is 4. The summed E-state index contributed by atoms with van der Waals surface area (Å²) in [7, 11) is 6.60. The van der Waals surface area contributed by atoms with Gasteiger partial charge in [0, 0.05) is 38.2 Å². The third-order valence-electron chi connectivity index (χ3n) is 7.49. The van der Waals surface area contributed by atoms with Crippen LogP contribution in [0.5, 0.6) is 5.75 Å². The van der Waals surface area contributed by atoms with E-state index < -0.39 is 69.7 Å². The van der Waals surface area contributed by atoms with Crippen molar-refractivity contribution in [3.05, 3.63) is 39.9 Å². The minimum Gasteiger partial charge on any atom is -0.510 e. The number of aliphatic hydroxyl groups excluding tert-OH is 2. The van der Waals surface area contributed by atoms with Gasteiger partial charge in [-0.3, -0.25) is 24.1 Å². The topological polar surface area (TPSA) is 194 Å². The summed E-state index contributed by atoms with van der Waals surface area (Å²) < 4.78 is 0. The number of nitrogens with one attached hydrogen (secondary N) is 1. The summed E-state index contributed by atoms with van der Waals surface area (Å²) in [6, 6.07) is 0.478. The van der Waals surface area contributed by atoms with Gasteiger partial charge in [0.15, 0.2) is 17.1 Å². The lowest BCUT2D eigenvalue weighted by Gasteiger charge is -2.50. The number of primary amides is 1. The van der Waals surface area contributed by atoms with Crippen molar-refractivity contribution in [2.75, 3.05) is 38.4 Å². The van der Waals surface area contributed by atoms with Crippen molar-refractivity contribution in [2.24, 2.45) is 17.6 Å². The molecule has 0 aromatic heterocycles. The highest BCUT2D eigenvalue weighted by atomic mass is 16.3. The van der Waals surface area contributed by atoms with Gasteiger partial charge in [-0.05, 0) is 44.5 Å². The number of anilines is 2. The van der Waals surface area contributed by atoms with Gasteiger partial charge in [0.1, 0.15) is 17.1 Å². The number of aromatic hydroxyl groups is 1. The number of hydrogen-bond donors (Lipinski definition) is 6. The van der Waals surface area contributed by atoms with E-state index in [4.69, 9.17) is 5.73 Å². The van der Waals surface area contributed by atoms with Crippen molar-refractivity contribution in [3.63, 3.8) is 0 Å². The quantitative estimate of drug-likeness (QED) is 0.238. The maximum atomic E-state index is 13.8. The predicted octanol–water partition coefficient (Wildman–Crippen LogP) is 0.145. The maximum Gasteiger partial charge on any atom is 0.255 e. The maximum absolute atomic E-state index is 13.8. The molecule has 12 nitrogen and oxygen atoms in total. The van der Waals surface area contributed by atoms with Crippen molar-refractivity contribution in [1.82, 2.24) is 4.90 Å². The number of phenols is 1. The van der Waals surface area contributed by atoms with Gasteiger partial charge < -0.3 is 36.4 Å². The molecule has 1 aromatic carbocycles. The molecule has 0 saturated heterocycles. The first-order chi connectivity index (χ1) is 17.1. The van der Waals surface area contributed by atoms with E-state index in [0.29, 0.717) is 11.3 Å². The Morgan fingerprint density at radius 3 is 2.27 bits per heavy atom. The summed E-state index contributed by atoms with van der Waals surface area (Å²) in [4.78, 5) is 54.1. The van der Waals surface area contributed by atoms with E-state index in [1.807, 2.05) is 0 Å². The van der Waals surface area contributed by atoms with Gasteiger partial charge in [-0.1, -0.05) is 0 Å². The number of amides is 2. The van der Waals surface area contributed by atoms with E-state index >= 15 is 0 Å². The fourth-order valence-corrected chi connectivity index (χ4v) is 5.98. The molecule has 0 radical (unpaired) electrons. The molecular formula is C25H30N4O8. The molecule has 0 fully saturated rings. The van der Waals surface area contributed by atoms with Crippen LogP contribution in [0, 0.1) is 11.8 Å². The molecule has 0 aliphatic heterocycles. The molecule has 4 rings (SSSR count). The van der Waals surface area contributed by atoms with Gasteiger partial charge in [-0.25, -0.2) is 0 Å².